The number of pyridine rings is 2. The Hall–Kier alpha value is -4.21. The van der Waals surface area contributed by atoms with Crippen molar-refractivity contribution in [3.05, 3.63) is 84.4 Å². The number of rotatable bonds is 5. The average molecular weight is 523 g/mol. The summed E-state index contributed by atoms with van der Waals surface area (Å²) in [6.45, 7) is 5.92. The van der Waals surface area contributed by atoms with E-state index in [0.29, 0.717) is 11.1 Å². The molecule has 1 N–H and O–H groups in total. The van der Waals surface area contributed by atoms with E-state index < -0.39 is 11.9 Å². The van der Waals surface area contributed by atoms with Crippen molar-refractivity contribution in [3.63, 3.8) is 0 Å². The van der Waals surface area contributed by atoms with Gasteiger partial charge in [-0.15, -0.1) is 0 Å². The number of benzene rings is 1. The zero-order chi connectivity index (χ0) is 27.1. The lowest BCUT2D eigenvalue weighted by Crippen LogP contribution is -2.29. The second-order valence-corrected chi connectivity index (χ2v) is 8.52. The maximum absolute atomic E-state index is 13.7. The van der Waals surface area contributed by atoms with E-state index in [-0.39, 0.29) is 23.1 Å². The van der Waals surface area contributed by atoms with Gasteiger partial charge in [-0.25, -0.2) is 9.67 Å². The fourth-order valence-corrected chi connectivity index (χ4v) is 4.20. The lowest BCUT2D eigenvalue weighted by molar-refractivity contribution is -0.142. The maximum Gasteiger partial charge on any atom is 0.433 e. The lowest BCUT2D eigenvalue weighted by atomic mass is 10.1. The third-order valence-electron chi connectivity index (χ3n) is 6.02. The number of carbonyl (C=O) groups is 1. The van der Waals surface area contributed by atoms with Crippen LogP contribution in [0.15, 0.2) is 73.2 Å². The van der Waals surface area contributed by atoms with Crippen LogP contribution in [0.4, 0.5) is 24.7 Å². The van der Waals surface area contributed by atoms with Crippen LogP contribution in [0.2, 0.25) is 0 Å². The predicted molar refractivity (Wildman–Crippen MR) is 141 cm³/mol. The molecule has 0 bridgehead atoms. The number of hydrogen-bond acceptors (Lipinski definition) is 5. The van der Waals surface area contributed by atoms with E-state index in [9.17, 15) is 18.0 Å². The molecule has 10 heteroatoms. The Morgan fingerprint density at radius 1 is 0.921 bits per heavy atom. The van der Waals surface area contributed by atoms with E-state index in [1.165, 1.54) is 37.1 Å². The van der Waals surface area contributed by atoms with Gasteiger partial charge in [0.1, 0.15) is 11.5 Å². The van der Waals surface area contributed by atoms with Crippen LogP contribution in [0.5, 0.6) is 0 Å². The summed E-state index contributed by atoms with van der Waals surface area (Å²) in [4.78, 5) is 23.2. The number of hydrogen-bond donors (Lipinski definition) is 1. The molecule has 198 valence electrons. The molecule has 0 spiro atoms. The van der Waals surface area contributed by atoms with Crippen molar-refractivity contribution < 1.29 is 18.0 Å². The SMILES string of the molecule is CC.O=C(Nc1ccc(-n2nc(-c3cccnc3)cc2C(F)(F)F)cn1)c1cccc(N2CCCCC2)c1. The predicted octanol–water partition coefficient (Wildman–Crippen LogP) is 6.62. The summed E-state index contributed by atoms with van der Waals surface area (Å²) in [5, 5.41) is 6.85. The summed E-state index contributed by atoms with van der Waals surface area (Å²) in [7, 11) is 0. The average Bonchev–Trinajstić information content (AvgIpc) is 3.42. The Labute approximate surface area is 219 Å². The van der Waals surface area contributed by atoms with E-state index in [1.54, 1.807) is 18.2 Å². The summed E-state index contributed by atoms with van der Waals surface area (Å²) in [5.74, 6) is -0.122. The number of halogens is 3. The molecule has 0 aliphatic carbocycles. The molecule has 7 nitrogen and oxygen atoms in total. The first-order chi connectivity index (χ1) is 18.4. The first-order valence-corrected chi connectivity index (χ1v) is 12.6. The van der Waals surface area contributed by atoms with E-state index in [0.717, 1.165) is 42.4 Å². The van der Waals surface area contributed by atoms with Crippen LogP contribution in [-0.2, 0) is 6.18 Å². The van der Waals surface area contributed by atoms with E-state index in [4.69, 9.17) is 0 Å². The Bertz CT molecular complexity index is 1350. The fraction of sp³-hybridized carbons (Fsp3) is 0.286. The number of amides is 1. The molecule has 1 saturated heterocycles. The zero-order valence-electron chi connectivity index (χ0n) is 21.2. The summed E-state index contributed by atoms with van der Waals surface area (Å²) in [6.07, 6.45) is 3.07. The Morgan fingerprint density at radius 3 is 2.37 bits per heavy atom. The Kier molecular flexibility index (Phi) is 8.40. The number of nitrogens with one attached hydrogen (secondary N) is 1. The van der Waals surface area contributed by atoms with Crippen LogP contribution in [-0.4, -0.2) is 38.7 Å². The van der Waals surface area contributed by atoms with Gasteiger partial charge < -0.3 is 10.2 Å². The van der Waals surface area contributed by atoms with Gasteiger partial charge in [0.05, 0.1) is 17.6 Å². The second kappa shape index (κ2) is 11.9. The topological polar surface area (TPSA) is 75.9 Å². The first kappa shape index (κ1) is 26.8. The van der Waals surface area contributed by atoms with Crippen LogP contribution < -0.4 is 10.2 Å². The van der Waals surface area contributed by atoms with Crippen LogP contribution >= 0.6 is 0 Å². The van der Waals surface area contributed by atoms with Crippen LogP contribution in [0.1, 0.15) is 49.2 Å². The molecule has 0 saturated carbocycles. The summed E-state index contributed by atoms with van der Waals surface area (Å²) >= 11 is 0. The van der Waals surface area contributed by atoms with Gasteiger partial charge in [0.25, 0.3) is 5.91 Å². The summed E-state index contributed by atoms with van der Waals surface area (Å²) in [5.41, 5.74) is 1.26. The van der Waals surface area contributed by atoms with Crippen molar-refractivity contribution >= 4 is 17.4 Å². The van der Waals surface area contributed by atoms with Gasteiger partial charge in [0.15, 0.2) is 0 Å². The lowest BCUT2D eigenvalue weighted by Gasteiger charge is -2.29. The summed E-state index contributed by atoms with van der Waals surface area (Å²) in [6, 6.07) is 14.5. The largest absolute Gasteiger partial charge is 0.433 e. The molecular weight excluding hydrogens is 493 g/mol. The molecule has 1 aromatic carbocycles. The van der Waals surface area contributed by atoms with Gasteiger partial charge in [0.2, 0.25) is 0 Å². The molecule has 0 unspecified atom stereocenters. The van der Waals surface area contributed by atoms with E-state index >= 15 is 0 Å². The molecule has 4 aromatic rings. The second-order valence-electron chi connectivity index (χ2n) is 8.52. The molecule has 38 heavy (non-hydrogen) atoms. The normalized spacial score (nSPS) is 13.4. The molecule has 4 heterocycles. The molecule has 1 aliphatic rings. The van der Waals surface area contributed by atoms with Gasteiger partial charge in [-0.3, -0.25) is 9.78 Å². The van der Waals surface area contributed by atoms with Crippen LogP contribution in [0.25, 0.3) is 16.9 Å². The van der Waals surface area contributed by atoms with Crippen molar-refractivity contribution in [3.8, 4) is 16.9 Å². The third kappa shape index (κ3) is 6.19. The number of piperidine rings is 1. The van der Waals surface area contributed by atoms with Crippen LogP contribution in [0.3, 0.4) is 0 Å². The minimum atomic E-state index is -4.63. The molecule has 5 rings (SSSR count). The molecular formula is C28H29F3N6O. The number of anilines is 2. The minimum absolute atomic E-state index is 0.113. The monoisotopic (exact) mass is 522 g/mol. The molecule has 1 amide bonds. The van der Waals surface area contributed by atoms with Crippen molar-refractivity contribution in [1.82, 2.24) is 19.7 Å². The van der Waals surface area contributed by atoms with Crippen molar-refractivity contribution in [2.75, 3.05) is 23.3 Å². The highest BCUT2D eigenvalue weighted by Gasteiger charge is 2.36. The number of carbonyl (C=O) groups excluding carboxylic acids is 1. The van der Waals surface area contributed by atoms with Gasteiger partial charge in [-0.05, 0) is 67.8 Å². The summed E-state index contributed by atoms with van der Waals surface area (Å²) < 4.78 is 41.9. The highest BCUT2D eigenvalue weighted by molar-refractivity contribution is 6.04. The van der Waals surface area contributed by atoms with E-state index in [2.05, 4.69) is 25.3 Å². The van der Waals surface area contributed by atoms with E-state index in [1.807, 2.05) is 32.0 Å². The van der Waals surface area contributed by atoms with Crippen molar-refractivity contribution in [1.29, 1.82) is 0 Å². The van der Waals surface area contributed by atoms with Crippen molar-refractivity contribution in [2.24, 2.45) is 0 Å². The smallest absolute Gasteiger partial charge is 0.372 e. The van der Waals surface area contributed by atoms with Gasteiger partial charge in [0, 0.05) is 42.3 Å². The molecule has 1 fully saturated rings. The highest BCUT2D eigenvalue weighted by Crippen LogP contribution is 2.34. The number of nitrogens with zero attached hydrogens (tertiary/aromatic N) is 5. The fourth-order valence-electron chi connectivity index (χ4n) is 4.20. The Morgan fingerprint density at radius 2 is 1.71 bits per heavy atom. The molecule has 1 aliphatic heterocycles. The zero-order valence-corrected chi connectivity index (χ0v) is 21.2. The molecule has 3 aromatic heterocycles. The molecule has 0 radical (unpaired) electrons. The first-order valence-electron chi connectivity index (χ1n) is 12.6. The highest BCUT2D eigenvalue weighted by atomic mass is 19.4. The quantitative estimate of drug-likeness (QED) is 0.319. The van der Waals surface area contributed by atoms with Gasteiger partial charge >= 0.3 is 6.18 Å². The van der Waals surface area contributed by atoms with Gasteiger partial charge in [-0.1, -0.05) is 19.9 Å². The van der Waals surface area contributed by atoms with Crippen molar-refractivity contribution in [2.45, 2.75) is 39.3 Å². The minimum Gasteiger partial charge on any atom is -0.372 e. The number of alkyl halides is 3. The third-order valence-corrected chi connectivity index (χ3v) is 6.02. The van der Waals surface area contributed by atoms with Gasteiger partial charge in [-0.2, -0.15) is 18.3 Å². The Balaban J connectivity index is 0.00000164. The molecule has 0 atom stereocenters. The standard InChI is InChI=1S/C26H23F3N6O.C2H6/c27-26(28,29)23-15-22(19-7-5-11-30-16-19)33-35(23)21-9-10-24(31-17-21)32-25(36)18-6-4-8-20(14-18)34-12-2-1-3-13-34;1-2/h4-11,14-17H,1-3,12-13H2,(H,31,32,36);1-2H3. The van der Waals surface area contributed by atoms with Crippen LogP contribution in [0, 0.1) is 0 Å². The maximum atomic E-state index is 13.7. The number of aromatic nitrogens is 4.